The van der Waals surface area contributed by atoms with Gasteiger partial charge in [0.25, 0.3) is 0 Å². The highest BCUT2D eigenvalue weighted by molar-refractivity contribution is 7.16. The lowest BCUT2D eigenvalue weighted by molar-refractivity contribution is 0.252. The Morgan fingerprint density at radius 2 is 2.43 bits per heavy atom. The monoisotopic (exact) mass is 230 g/mol. The minimum absolute atomic E-state index is 0.580. The molecule has 1 aliphatic heterocycles. The Labute approximate surface area is 93.7 Å². The van der Waals surface area contributed by atoms with Gasteiger partial charge in [-0.3, -0.25) is 4.90 Å². The maximum absolute atomic E-state index is 5.89. The minimum Gasteiger partial charge on any atom is -0.329 e. The van der Waals surface area contributed by atoms with Crippen LogP contribution in [0.15, 0.2) is 12.1 Å². The molecule has 2 rings (SSSR count). The number of halogens is 1. The van der Waals surface area contributed by atoms with Gasteiger partial charge in [0.15, 0.2) is 0 Å². The van der Waals surface area contributed by atoms with E-state index in [-0.39, 0.29) is 0 Å². The summed E-state index contributed by atoms with van der Waals surface area (Å²) in [6.07, 6.45) is 2.52. The van der Waals surface area contributed by atoms with E-state index in [4.69, 9.17) is 17.3 Å². The van der Waals surface area contributed by atoms with Crippen LogP contribution >= 0.6 is 22.9 Å². The van der Waals surface area contributed by atoms with Crippen LogP contribution in [-0.2, 0) is 6.54 Å². The first-order valence-corrected chi connectivity index (χ1v) is 6.17. The average Bonchev–Trinajstić information content (AvgIpc) is 2.76. The lowest BCUT2D eigenvalue weighted by atomic mass is 10.2. The predicted molar refractivity (Wildman–Crippen MR) is 61.8 cm³/mol. The molecule has 1 saturated heterocycles. The fraction of sp³-hybridized carbons (Fsp3) is 0.600. The van der Waals surface area contributed by atoms with E-state index in [2.05, 4.69) is 11.0 Å². The van der Waals surface area contributed by atoms with Crippen molar-refractivity contribution in [3.05, 3.63) is 21.3 Å². The van der Waals surface area contributed by atoms with E-state index < -0.39 is 0 Å². The first-order chi connectivity index (χ1) is 6.79. The summed E-state index contributed by atoms with van der Waals surface area (Å²) in [7, 11) is 0. The molecule has 14 heavy (non-hydrogen) atoms. The molecule has 2 heterocycles. The number of hydrogen-bond acceptors (Lipinski definition) is 3. The van der Waals surface area contributed by atoms with Crippen LogP contribution in [-0.4, -0.2) is 24.0 Å². The third kappa shape index (κ3) is 2.28. The number of nitrogens with two attached hydrogens (primary N) is 1. The van der Waals surface area contributed by atoms with Crippen molar-refractivity contribution < 1.29 is 0 Å². The largest absolute Gasteiger partial charge is 0.329 e. The van der Waals surface area contributed by atoms with Crippen molar-refractivity contribution >= 4 is 22.9 Å². The van der Waals surface area contributed by atoms with Crippen molar-refractivity contribution in [2.45, 2.75) is 25.4 Å². The zero-order valence-corrected chi connectivity index (χ0v) is 9.65. The lowest BCUT2D eigenvalue weighted by Gasteiger charge is -2.22. The minimum atomic E-state index is 0.580. The molecule has 0 aliphatic carbocycles. The first-order valence-electron chi connectivity index (χ1n) is 4.98. The molecule has 2 nitrogen and oxygen atoms in total. The molecule has 1 atom stereocenters. The van der Waals surface area contributed by atoms with E-state index in [1.54, 1.807) is 11.3 Å². The molecule has 0 unspecified atom stereocenters. The summed E-state index contributed by atoms with van der Waals surface area (Å²) in [5.74, 6) is 0. The summed E-state index contributed by atoms with van der Waals surface area (Å²) < 4.78 is 0.878. The Balaban J connectivity index is 1.96. The number of hydrogen-bond donors (Lipinski definition) is 1. The molecular formula is C10H15ClN2S. The highest BCUT2D eigenvalue weighted by Gasteiger charge is 2.23. The second kappa shape index (κ2) is 4.62. The van der Waals surface area contributed by atoms with Crippen LogP contribution in [0.2, 0.25) is 4.34 Å². The third-order valence-electron chi connectivity index (χ3n) is 2.76. The van der Waals surface area contributed by atoms with Crippen molar-refractivity contribution in [1.29, 1.82) is 0 Å². The molecule has 0 aromatic carbocycles. The van der Waals surface area contributed by atoms with Crippen LogP contribution in [0.5, 0.6) is 0 Å². The highest BCUT2D eigenvalue weighted by Crippen LogP contribution is 2.25. The number of likely N-dealkylation sites (tertiary alicyclic amines) is 1. The SMILES string of the molecule is NC[C@@H]1CCCN1Cc1ccc(Cl)s1. The molecule has 0 spiro atoms. The molecule has 0 amide bonds. The van der Waals surface area contributed by atoms with Crippen LogP contribution in [0, 0.1) is 0 Å². The Bertz CT molecular complexity index is 300. The van der Waals surface area contributed by atoms with Gasteiger partial charge in [0.1, 0.15) is 0 Å². The topological polar surface area (TPSA) is 29.3 Å². The normalized spacial score (nSPS) is 23.1. The molecule has 2 N–H and O–H groups in total. The fourth-order valence-electron chi connectivity index (χ4n) is 2.01. The summed E-state index contributed by atoms with van der Waals surface area (Å²) >= 11 is 7.56. The molecule has 0 bridgehead atoms. The van der Waals surface area contributed by atoms with Gasteiger partial charge < -0.3 is 5.73 Å². The standard InChI is InChI=1S/C10H15ClN2S/c11-10-4-3-9(14-10)7-13-5-1-2-8(13)6-12/h3-4,8H,1-2,5-7,12H2/t8-/m0/s1. The van der Waals surface area contributed by atoms with Gasteiger partial charge in [0.05, 0.1) is 4.34 Å². The van der Waals surface area contributed by atoms with Crippen LogP contribution in [0.1, 0.15) is 17.7 Å². The Morgan fingerprint density at radius 1 is 1.57 bits per heavy atom. The molecule has 0 saturated carbocycles. The van der Waals surface area contributed by atoms with E-state index in [9.17, 15) is 0 Å². The van der Waals surface area contributed by atoms with Crippen molar-refractivity contribution in [3.8, 4) is 0 Å². The van der Waals surface area contributed by atoms with Crippen molar-refractivity contribution in [1.82, 2.24) is 4.90 Å². The van der Waals surface area contributed by atoms with Crippen molar-refractivity contribution in [2.75, 3.05) is 13.1 Å². The van der Waals surface area contributed by atoms with Crippen LogP contribution in [0.4, 0.5) is 0 Å². The molecular weight excluding hydrogens is 216 g/mol. The van der Waals surface area contributed by atoms with Gasteiger partial charge in [0.2, 0.25) is 0 Å². The number of nitrogens with zero attached hydrogens (tertiary/aromatic N) is 1. The molecule has 1 aromatic rings. The van der Waals surface area contributed by atoms with Gasteiger partial charge in [-0.2, -0.15) is 0 Å². The van der Waals surface area contributed by atoms with Crippen LogP contribution in [0.25, 0.3) is 0 Å². The molecule has 1 aromatic heterocycles. The second-order valence-electron chi connectivity index (χ2n) is 3.71. The lowest BCUT2D eigenvalue weighted by Crippen LogP contribution is -2.34. The van der Waals surface area contributed by atoms with Crippen LogP contribution in [0.3, 0.4) is 0 Å². The summed E-state index contributed by atoms with van der Waals surface area (Å²) in [4.78, 5) is 3.80. The summed E-state index contributed by atoms with van der Waals surface area (Å²) in [5, 5.41) is 0. The summed E-state index contributed by atoms with van der Waals surface area (Å²) in [5.41, 5.74) is 5.72. The zero-order valence-electron chi connectivity index (χ0n) is 8.08. The van der Waals surface area contributed by atoms with Gasteiger partial charge in [0, 0.05) is 24.0 Å². The summed E-state index contributed by atoms with van der Waals surface area (Å²) in [6.45, 7) is 2.97. The van der Waals surface area contributed by atoms with Gasteiger partial charge in [-0.1, -0.05) is 11.6 Å². The maximum Gasteiger partial charge on any atom is 0.0931 e. The smallest absolute Gasteiger partial charge is 0.0931 e. The van der Waals surface area contributed by atoms with Crippen molar-refractivity contribution in [3.63, 3.8) is 0 Å². The quantitative estimate of drug-likeness (QED) is 0.864. The van der Waals surface area contributed by atoms with Crippen LogP contribution < -0.4 is 5.73 Å². The number of rotatable bonds is 3. The molecule has 0 radical (unpaired) electrons. The van der Waals surface area contributed by atoms with E-state index in [1.165, 1.54) is 24.3 Å². The summed E-state index contributed by atoms with van der Waals surface area (Å²) in [6, 6.07) is 4.66. The van der Waals surface area contributed by atoms with E-state index in [0.29, 0.717) is 6.04 Å². The molecule has 1 fully saturated rings. The van der Waals surface area contributed by atoms with Gasteiger partial charge in [-0.05, 0) is 31.5 Å². The molecule has 4 heteroatoms. The third-order valence-corrected chi connectivity index (χ3v) is 3.97. The fourth-order valence-corrected chi connectivity index (χ4v) is 3.12. The van der Waals surface area contributed by atoms with Gasteiger partial charge in [-0.25, -0.2) is 0 Å². The number of thiophene rings is 1. The van der Waals surface area contributed by atoms with Gasteiger partial charge >= 0.3 is 0 Å². The van der Waals surface area contributed by atoms with Crippen molar-refractivity contribution in [2.24, 2.45) is 5.73 Å². The molecule has 1 aliphatic rings. The Hall–Kier alpha value is -0.0900. The zero-order chi connectivity index (χ0) is 9.97. The van der Waals surface area contributed by atoms with Gasteiger partial charge in [-0.15, -0.1) is 11.3 Å². The van der Waals surface area contributed by atoms with E-state index in [1.807, 2.05) is 6.07 Å². The second-order valence-corrected chi connectivity index (χ2v) is 5.51. The highest BCUT2D eigenvalue weighted by atomic mass is 35.5. The maximum atomic E-state index is 5.89. The average molecular weight is 231 g/mol. The Kier molecular flexibility index (Phi) is 3.44. The Morgan fingerprint density at radius 3 is 3.07 bits per heavy atom. The van der Waals surface area contributed by atoms with E-state index in [0.717, 1.165) is 17.4 Å². The molecule has 78 valence electrons. The predicted octanol–water partition coefficient (Wildman–Crippen LogP) is 2.32. The van der Waals surface area contributed by atoms with E-state index >= 15 is 0 Å². The first kappa shape index (κ1) is 10.4.